The second-order valence-electron chi connectivity index (χ2n) is 57.8. The predicted molar refractivity (Wildman–Crippen MR) is 576 cm³/mol. The molecule has 5 heteroatoms. The summed E-state index contributed by atoms with van der Waals surface area (Å²) in [5.74, 6) is 1.53. The van der Waals surface area contributed by atoms with E-state index in [9.17, 15) is 9.05 Å². The highest BCUT2D eigenvalue weighted by molar-refractivity contribution is 7.47. The third-order valence-electron chi connectivity index (χ3n) is 55.3. The van der Waals surface area contributed by atoms with E-state index in [1.165, 1.54) is 655 Å². The van der Waals surface area contributed by atoms with Crippen molar-refractivity contribution in [1.82, 2.24) is 0 Å². The Balaban J connectivity index is 1.18. The summed E-state index contributed by atoms with van der Waals surface area (Å²) in [4.78, 5) is 18.3. The fourth-order valence-corrected chi connectivity index (χ4v) is 55.2. The predicted octanol–water partition coefficient (Wildman–Crippen LogP) is 42.8. The van der Waals surface area contributed by atoms with Crippen LogP contribution in [0.5, 0.6) is 0 Å². The van der Waals surface area contributed by atoms with E-state index < -0.39 is 35.3 Å². The van der Waals surface area contributed by atoms with Gasteiger partial charge in [0.25, 0.3) is 0 Å². The lowest BCUT2D eigenvalue weighted by atomic mass is 9.06. The topological polar surface area (TPSA) is 55.8 Å². The van der Waals surface area contributed by atoms with Gasteiger partial charge in [0.2, 0.25) is 0 Å². The van der Waals surface area contributed by atoms with Gasteiger partial charge >= 0.3 is 7.82 Å². The van der Waals surface area contributed by atoms with Crippen molar-refractivity contribution >= 4 is 7.82 Å². The van der Waals surface area contributed by atoms with E-state index in [4.69, 9.17) is 0 Å². The Morgan fingerprint density at radius 2 is 0.358 bits per heavy atom. The summed E-state index contributed by atoms with van der Waals surface area (Å²) in [6, 6.07) is 0. The molecule has 22 rings (SSSR count). The molecule has 780 valence electrons. The van der Waals surface area contributed by atoms with Crippen molar-refractivity contribution in [3.63, 3.8) is 0 Å². The minimum atomic E-state index is -5.37. The fraction of sp³-hybridized carbons (Fsp3) is 1.00. The lowest BCUT2D eigenvalue weighted by Crippen LogP contribution is -2.96. The number of fused-ring (bicyclic) bond motifs is 1. The zero-order valence-electron chi connectivity index (χ0n) is 91.1. The summed E-state index contributed by atoms with van der Waals surface area (Å²) in [5, 5.41) is 0. The summed E-state index contributed by atoms with van der Waals surface area (Å²) >= 11 is 0. The molecule has 0 amide bonds. The van der Waals surface area contributed by atoms with Crippen LogP contribution in [0, 0.1) is 109 Å². The van der Waals surface area contributed by atoms with Crippen LogP contribution in [0.15, 0.2) is 0 Å². The molecule has 22 aliphatic rings. The molecule has 5 unspecified atom stereocenters. The standard InChI is InChI=1S/C132H223O4P/c133-137(134)135-129-107-70-34-31-59-96-123(129,97-60-32-35-71-108-129)124-98-61-33-36-72-109-130(124,114-78-41-5-3-39-76-113(114,77-40-4-6-42-79-114)112-74-38-2-1-37-73-111(112)75-110-124)131-125-99-62-23-15-51-88-119(125,89-52-16-24-63-100-125)115-80-43-7-11-47-84-117(115,85-48-12-8-44-81-115)121-92-55-19-27-66-103-127(121,104-67-28-20-56-93-121)132(131,136-137)128-105-68-29-21-57-94-122(128,95-58-22-30-69-106-128)118-86-49-13-9-45-82-116(118,83-46-10-14-50-87-118)120-90-53-17-25-64-101-126(120,131)102-65-26-18-54-91-120/h111-112H,1-110H2,(H,133,134). The summed E-state index contributed by atoms with van der Waals surface area (Å²) in [5.41, 5.74) is -3.95. The van der Waals surface area contributed by atoms with Crippen LogP contribution in [-0.2, 0) is 13.6 Å². The summed E-state index contributed by atoms with van der Waals surface area (Å²) < 4.78 is 44.4. The third-order valence-corrected chi connectivity index (χ3v) is 56.4. The molecular weight excluding hydrogens is 1680 g/mol. The first-order chi connectivity index (χ1) is 67.4. The van der Waals surface area contributed by atoms with E-state index in [0.717, 1.165) is 24.7 Å². The van der Waals surface area contributed by atoms with Gasteiger partial charge in [-0.2, -0.15) is 0 Å². The van der Waals surface area contributed by atoms with Gasteiger partial charge in [-0.15, -0.1) is 0 Å². The maximum atomic E-state index is 22.3. The Hall–Kier alpha value is 0.110. The van der Waals surface area contributed by atoms with E-state index in [0.29, 0.717) is 0 Å². The average Bonchev–Trinajstić information content (AvgIpc) is 1.01. The fourth-order valence-electron chi connectivity index (χ4n) is 53.6. The molecule has 0 bridgehead atoms. The third kappa shape index (κ3) is 14.3. The molecule has 1 heterocycles. The highest BCUT2D eigenvalue weighted by Crippen LogP contribution is 3.06. The van der Waals surface area contributed by atoms with Crippen LogP contribution in [0.1, 0.15) is 706 Å². The van der Waals surface area contributed by atoms with E-state index in [-0.39, 0.29) is 81.2 Å². The highest BCUT2D eigenvalue weighted by Gasteiger charge is 3.03. The first-order valence-electron chi connectivity index (χ1n) is 66.1. The molecule has 1 N–H and O–H groups in total. The van der Waals surface area contributed by atoms with Crippen molar-refractivity contribution in [2.24, 2.45) is 109 Å². The van der Waals surface area contributed by atoms with Gasteiger partial charge in [0.1, 0.15) is 0 Å². The molecule has 137 heavy (non-hydrogen) atoms. The molecule has 0 radical (unpaired) electrons. The van der Waals surface area contributed by atoms with Crippen molar-refractivity contribution in [2.45, 2.75) is 717 Å². The monoisotopic (exact) mass is 1900 g/mol. The molecule has 1 aliphatic heterocycles. The molecule has 4 nitrogen and oxygen atoms in total. The van der Waals surface area contributed by atoms with Crippen LogP contribution in [0.25, 0.3) is 0 Å². The Bertz CT molecular complexity index is 3660. The number of rotatable bonds is 0. The molecule has 0 aromatic heterocycles. The molecule has 0 aromatic carbocycles. The molecule has 0 aromatic rings. The van der Waals surface area contributed by atoms with Crippen LogP contribution in [0.2, 0.25) is 0 Å². The second kappa shape index (κ2) is 41.7. The molecule has 21 aliphatic carbocycles. The Morgan fingerprint density at radius 3 is 0.642 bits per heavy atom. The smallest absolute Gasteiger partial charge is 0.302 e. The number of phosphoric ester groups is 1. The Kier molecular flexibility index (Phi) is 30.9. The van der Waals surface area contributed by atoms with Crippen LogP contribution in [0.4, 0.5) is 0 Å². The molecule has 22 fully saturated rings. The van der Waals surface area contributed by atoms with Crippen molar-refractivity contribution in [3.05, 3.63) is 0 Å². The van der Waals surface area contributed by atoms with Crippen LogP contribution < -0.4 is 0 Å². The lowest BCUT2D eigenvalue weighted by Gasteiger charge is -2.97. The highest BCUT2D eigenvalue weighted by atomic mass is 31.2. The van der Waals surface area contributed by atoms with E-state index >= 15 is 9.46 Å². The molecule has 21 saturated carbocycles. The van der Waals surface area contributed by atoms with Crippen LogP contribution in [0.3, 0.4) is 0 Å². The zero-order valence-corrected chi connectivity index (χ0v) is 92.0. The van der Waals surface area contributed by atoms with E-state index in [2.05, 4.69) is 0 Å². The van der Waals surface area contributed by atoms with Crippen LogP contribution in [-0.4, -0.2) is 16.1 Å². The second-order valence-corrected chi connectivity index (χ2v) is 59.1. The van der Waals surface area contributed by atoms with Gasteiger partial charge in [-0.05, 0) is 325 Å². The molecule has 1 saturated heterocycles. The van der Waals surface area contributed by atoms with Crippen molar-refractivity contribution in [2.75, 3.05) is 0 Å². The van der Waals surface area contributed by atoms with Crippen molar-refractivity contribution in [1.29, 1.82) is 0 Å². The number of hydrogen-bond donors (Lipinski definition) is 1. The van der Waals surface area contributed by atoms with Gasteiger partial charge in [-0.1, -0.05) is 469 Å². The van der Waals surface area contributed by atoms with Gasteiger partial charge < -0.3 is 4.89 Å². The summed E-state index contributed by atoms with van der Waals surface area (Å²) in [6.45, 7) is 0. The van der Waals surface area contributed by atoms with Crippen molar-refractivity contribution in [3.8, 4) is 0 Å². The maximum Gasteiger partial charge on any atom is 0.473 e. The minimum absolute atomic E-state index is 0.000856. The average molecular weight is 1910 g/mol. The Morgan fingerprint density at radius 1 is 0.161 bits per heavy atom. The molecule has 5 atom stereocenters. The molecular formula is C132H223O4P. The van der Waals surface area contributed by atoms with Gasteiger partial charge in [0.05, 0.1) is 11.2 Å². The van der Waals surface area contributed by atoms with E-state index in [1.807, 2.05) is 0 Å². The normalized spacial score (nSPS) is 50.7. The first kappa shape index (κ1) is 102. The van der Waals surface area contributed by atoms with Gasteiger partial charge in [0, 0.05) is 21.7 Å². The van der Waals surface area contributed by atoms with Crippen LogP contribution >= 0.6 is 7.82 Å². The van der Waals surface area contributed by atoms with Gasteiger partial charge in [-0.3, -0.25) is 9.05 Å². The number of hydrogen-bond acceptors (Lipinski definition) is 3. The first-order valence-corrected chi connectivity index (χ1v) is 67.6. The zero-order chi connectivity index (χ0) is 92.9. The quantitative estimate of drug-likeness (QED) is 0.246. The Labute approximate surface area is 847 Å². The summed E-state index contributed by atoms with van der Waals surface area (Å²) in [6.07, 6.45) is 159. The maximum absolute atomic E-state index is 22.3. The minimum Gasteiger partial charge on any atom is -0.302 e. The number of phosphoric acid groups is 1. The van der Waals surface area contributed by atoms with E-state index in [1.54, 1.807) is 38.5 Å². The molecule has 0 spiro atoms. The summed E-state index contributed by atoms with van der Waals surface area (Å²) in [7, 11) is -5.37. The lowest BCUT2D eigenvalue weighted by molar-refractivity contribution is -0.521. The van der Waals surface area contributed by atoms with Crippen molar-refractivity contribution < 1.29 is 18.5 Å². The van der Waals surface area contributed by atoms with Gasteiger partial charge in [0.15, 0.2) is 0 Å². The van der Waals surface area contributed by atoms with Gasteiger partial charge in [-0.25, -0.2) is 4.57 Å². The largest absolute Gasteiger partial charge is 0.473 e. The SMILES string of the molecule is O=P1(O)OC23CCCCCCC2(CCCCCC3)C23CCCCCCC2(C24CCCCCCC2(CCCCCC4)C2CCCCCCC2CC3)C23C45CCCCCCC4(CCCCCC5)C45CCCCCCC4(CCCCCC5)C45CCCCCCC4(CCCCCC5)C2(O1)C12CCCCCCC1(CCCCCC2)C12CCCCCCC1(CCCCCC2)C12CCCCCCC13CCCCCC2.